The number of likely N-dealkylation sites (N-methyl/N-ethyl adjacent to an activating group) is 1. The second-order valence-corrected chi connectivity index (χ2v) is 11.9. The minimum atomic E-state index is -0.768. The zero-order valence-electron chi connectivity index (χ0n) is 22.3. The highest BCUT2D eigenvalue weighted by Gasteiger charge is 2.44. The monoisotopic (exact) mass is 535 g/mol. The van der Waals surface area contributed by atoms with E-state index in [1.54, 1.807) is 11.8 Å². The van der Waals surface area contributed by atoms with E-state index >= 15 is 0 Å². The lowest BCUT2D eigenvalue weighted by molar-refractivity contribution is -0.0907. The van der Waals surface area contributed by atoms with Crippen molar-refractivity contribution < 1.29 is 28.8 Å². The highest BCUT2D eigenvalue weighted by molar-refractivity contribution is 8.14. The SMILES string of the molecule is CC1=NC(COc2ccc(C[C@H](NC(=O)O[C@@H]3CO[C@H]4OCC[C@H]43)[C@H](O)CN(C)CC(C)C)cc2)CS1. The Balaban J connectivity index is 1.34. The van der Waals surface area contributed by atoms with E-state index in [1.165, 1.54) is 0 Å². The molecule has 2 saturated heterocycles. The fourth-order valence-corrected chi connectivity index (χ4v) is 5.93. The van der Waals surface area contributed by atoms with E-state index in [-0.39, 0.29) is 24.4 Å². The van der Waals surface area contributed by atoms with Gasteiger partial charge in [-0.15, -0.1) is 11.8 Å². The Morgan fingerprint density at radius 1 is 1.27 bits per heavy atom. The second kappa shape index (κ2) is 13.3. The summed E-state index contributed by atoms with van der Waals surface area (Å²) >= 11 is 1.76. The van der Waals surface area contributed by atoms with Gasteiger partial charge in [-0.1, -0.05) is 26.0 Å². The van der Waals surface area contributed by atoms with Gasteiger partial charge >= 0.3 is 6.09 Å². The molecule has 3 aliphatic rings. The fourth-order valence-electron chi connectivity index (χ4n) is 5.10. The van der Waals surface area contributed by atoms with Gasteiger partial charge in [0.25, 0.3) is 0 Å². The Labute approximate surface area is 224 Å². The molecule has 9 nitrogen and oxygen atoms in total. The second-order valence-electron chi connectivity index (χ2n) is 10.7. The van der Waals surface area contributed by atoms with Crippen LogP contribution in [0.4, 0.5) is 4.79 Å². The van der Waals surface area contributed by atoms with Gasteiger partial charge in [-0.05, 0) is 50.4 Å². The number of alkyl carbamates (subject to hydrolysis) is 1. The molecule has 1 unspecified atom stereocenters. The van der Waals surface area contributed by atoms with Crippen molar-refractivity contribution in [3.63, 3.8) is 0 Å². The Hall–Kier alpha value is -1.85. The highest BCUT2D eigenvalue weighted by Crippen LogP contribution is 2.33. The number of carbonyl (C=O) groups excluding carboxylic acids is 1. The maximum atomic E-state index is 12.9. The molecule has 0 bridgehead atoms. The highest BCUT2D eigenvalue weighted by atomic mass is 32.2. The molecule has 37 heavy (non-hydrogen) atoms. The van der Waals surface area contributed by atoms with Gasteiger partial charge in [-0.25, -0.2) is 4.79 Å². The summed E-state index contributed by atoms with van der Waals surface area (Å²) in [7, 11) is 1.98. The number of ether oxygens (including phenoxy) is 4. The zero-order valence-corrected chi connectivity index (χ0v) is 23.1. The van der Waals surface area contributed by atoms with Crippen molar-refractivity contribution in [1.29, 1.82) is 0 Å². The summed E-state index contributed by atoms with van der Waals surface area (Å²) in [5.74, 6) is 2.28. The van der Waals surface area contributed by atoms with Crippen LogP contribution in [0.1, 0.15) is 32.8 Å². The van der Waals surface area contributed by atoms with Crippen molar-refractivity contribution in [2.24, 2.45) is 16.8 Å². The van der Waals surface area contributed by atoms with Crippen LogP contribution in [0, 0.1) is 11.8 Å². The van der Waals surface area contributed by atoms with Crippen LogP contribution in [0.25, 0.3) is 0 Å². The summed E-state index contributed by atoms with van der Waals surface area (Å²) in [6, 6.07) is 7.48. The molecule has 1 amide bonds. The van der Waals surface area contributed by atoms with E-state index < -0.39 is 18.2 Å². The average Bonchev–Trinajstić information content (AvgIpc) is 3.56. The first-order chi connectivity index (χ1) is 17.8. The van der Waals surface area contributed by atoms with Crippen LogP contribution in [-0.2, 0) is 20.6 Å². The number of fused-ring (bicyclic) bond motifs is 1. The van der Waals surface area contributed by atoms with Crippen molar-refractivity contribution in [3.8, 4) is 5.75 Å². The number of amides is 1. The van der Waals surface area contributed by atoms with Crippen LogP contribution >= 0.6 is 11.8 Å². The molecule has 10 heteroatoms. The molecule has 206 valence electrons. The first-order valence-electron chi connectivity index (χ1n) is 13.2. The number of carbonyl (C=O) groups is 1. The molecule has 4 rings (SSSR count). The molecule has 0 aromatic heterocycles. The van der Waals surface area contributed by atoms with Gasteiger partial charge in [0.2, 0.25) is 0 Å². The molecular weight excluding hydrogens is 494 g/mol. The Bertz CT molecular complexity index is 914. The maximum Gasteiger partial charge on any atom is 0.407 e. The Morgan fingerprint density at radius 3 is 2.76 bits per heavy atom. The topological polar surface area (TPSA) is 102 Å². The number of hydrogen-bond acceptors (Lipinski definition) is 9. The van der Waals surface area contributed by atoms with Crippen LogP contribution in [0.5, 0.6) is 5.75 Å². The molecule has 3 heterocycles. The van der Waals surface area contributed by atoms with Gasteiger partial charge in [0.15, 0.2) is 6.29 Å². The number of aliphatic hydroxyl groups excluding tert-OH is 1. The van der Waals surface area contributed by atoms with Crippen molar-refractivity contribution in [2.75, 3.05) is 45.7 Å². The summed E-state index contributed by atoms with van der Waals surface area (Å²) in [5.41, 5.74) is 0.988. The van der Waals surface area contributed by atoms with Crippen molar-refractivity contribution in [2.45, 2.75) is 64.2 Å². The van der Waals surface area contributed by atoms with Crippen molar-refractivity contribution >= 4 is 22.9 Å². The summed E-state index contributed by atoms with van der Waals surface area (Å²) in [5, 5.41) is 15.1. The minimum Gasteiger partial charge on any atom is -0.491 e. The van der Waals surface area contributed by atoms with Gasteiger partial charge in [0, 0.05) is 18.8 Å². The van der Waals surface area contributed by atoms with Crippen LogP contribution in [-0.4, -0.2) is 97.4 Å². The molecule has 0 spiro atoms. The first-order valence-corrected chi connectivity index (χ1v) is 14.2. The molecule has 1 aromatic carbocycles. The summed E-state index contributed by atoms with van der Waals surface area (Å²) < 4.78 is 22.7. The van der Waals surface area contributed by atoms with Crippen LogP contribution < -0.4 is 10.1 Å². The summed E-state index contributed by atoms with van der Waals surface area (Å²) in [6.07, 6.45) is -0.651. The molecule has 2 N–H and O–H groups in total. The number of aliphatic imine (C=N–C) groups is 1. The number of hydrogen-bond donors (Lipinski definition) is 2. The number of nitrogens with zero attached hydrogens (tertiary/aromatic N) is 2. The molecule has 3 aliphatic heterocycles. The lowest BCUT2D eigenvalue weighted by Crippen LogP contribution is -2.50. The third-order valence-corrected chi connectivity index (χ3v) is 7.93. The normalized spacial score (nSPS) is 26.7. The van der Waals surface area contributed by atoms with Crippen LogP contribution in [0.2, 0.25) is 0 Å². The minimum absolute atomic E-state index is 0.0660. The van der Waals surface area contributed by atoms with Gasteiger partial charge in [0.05, 0.1) is 42.4 Å². The lowest BCUT2D eigenvalue weighted by atomic mass is 10.0. The smallest absolute Gasteiger partial charge is 0.407 e. The lowest BCUT2D eigenvalue weighted by Gasteiger charge is -2.29. The number of benzene rings is 1. The van der Waals surface area contributed by atoms with Gasteiger partial charge in [-0.2, -0.15) is 0 Å². The predicted molar refractivity (Wildman–Crippen MR) is 144 cm³/mol. The fraction of sp³-hybridized carbons (Fsp3) is 0.704. The third-order valence-electron chi connectivity index (χ3n) is 6.86. The number of nitrogens with one attached hydrogen (secondary N) is 1. The van der Waals surface area contributed by atoms with Gasteiger partial charge in [-0.3, -0.25) is 4.99 Å². The molecule has 2 fully saturated rings. The molecule has 0 aliphatic carbocycles. The van der Waals surface area contributed by atoms with Crippen LogP contribution in [0.3, 0.4) is 0 Å². The van der Waals surface area contributed by atoms with E-state index in [2.05, 4.69) is 29.1 Å². The van der Waals surface area contributed by atoms with E-state index in [0.717, 1.165) is 35.1 Å². The molecule has 0 radical (unpaired) electrons. The van der Waals surface area contributed by atoms with Gasteiger partial charge < -0.3 is 34.3 Å². The number of rotatable bonds is 12. The van der Waals surface area contributed by atoms with E-state index in [1.807, 2.05) is 38.2 Å². The summed E-state index contributed by atoms with van der Waals surface area (Å²) in [6.45, 7) is 9.10. The number of thioether (sulfide) groups is 1. The predicted octanol–water partition coefficient (Wildman–Crippen LogP) is 2.95. The molecular formula is C27H41N3O6S. The van der Waals surface area contributed by atoms with E-state index in [0.29, 0.717) is 38.7 Å². The van der Waals surface area contributed by atoms with Gasteiger partial charge in [0.1, 0.15) is 18.5 Å². The molecule has 6 atom stereocenters. The van der Waals surface area contributed by atoms with Crippen molar-refractivity contribution in [3.05, 3.63) is 29.8 Å². The maximum absolute atomic E-state index is 12.9. The number of aliphatic hydroxyl groups is 1. The summed E-state index contributed by atoms with van der Waals surface area (Å²) in [4.78, 5) is 19.5. The molecule has 0 saturated carbocycles. The first kappa shape index (κ1) is 28.2. The average molecular weight is 536 g/mol. The van der Waals surface area contributed by atoms with E-state index in [9.17, 15) is 9.90 Å². The zero-order chi connectivity index (χ0) is 26.4. The largest absolute Gasteiger partial charge is 0.491 e. The van der Waals surface area contributed by atoms with Crippen LogP contribution in [0.15, 0.2) is 29.3 Å². The third kappa shape index (κ3) is 8.32. The Kier molecular flexibility index (Phi) is 10.1. The standard InChI is InChI=1S/C27H41N3O6S/c1-17(2)12-30(4)13-24(31)23(29-27(32)36-25-15-35-26-22(25)9-10-33-26)11-19-5-7-21(8-6-19)34-14-20-16-37-18(3)28-20/h5-8,17,20,22-26,31H,9-16H2,1-4H3,(H,29,32)/t20?,22-,23-,24+,25+,26+/m0/s1. The molecule has 1 aromatic rings. The van der Waals surface area contributed by atoms with E-state index in [4.69, 9.17) is 18.9 Å². The Morgan fingerprint density at radius 2 is 2.05 bits per heavy atom. The van der Waals surface area contributed by atoms with Crippen molar-refractivity contribution in [1.82, 2.24) is 10.2 Å². The quantitative estimate of drug-likeness (QED) is 0.421.